The van der Waals surface area contributed by atoms with Crippen LogP contribution in [-0.2, 0) is 6.54 Å². The van der Waals surface area contributed by atoms with Crippen LogP contribution in [0.25, 0.3) is 0 Å². The Bertz CT molecular complexity index is 508. The molecular formula is C14H18N2O3. The number of nitrogens with one attached hydrogen (secondary N) is 1. The molecule has 0 aromatic heterocycles. The largest absolute Gasteiger partial charge is 0.711 e. The van der Waals surface area contributed by atoms with Gasteiger partial charge in [-0.15, -0.1) is 0 Å². The Morgan fingerprint density at radius 3 is 2.84 bits per heavy atom. The summed E-state index contributed by atoms with van der Waals surface area (Å²) in [7, 11) is 1.60. The molecule has 1 aliphatic heterocycles. The summed E-state index contributed by atoms with van der Waals surface area (Å²) in [6, 6.07) is 3.62. The van der Waals surface area contributed by atoms with Gasteiger partial charge in [0.1, 0.15) is 23.7 Å². The third kappa shape index (κ3) is 2.32. The lowest BCUT2D eigenvalue weighted by Gasteiger charge is -2.22. The average Bonchev–Trinajstić information content (AvgIpc) is 2.92. The maximum Gasteiger partial charge on any atom is 0.240 e. The topological polar surface area (TPSA) is 56.6 Å². The highest BCUT2D eigenvalue weighted by Crippen LogP contribution is 2.36. The number of hydrogen-bond donors (Lipinski definition) is 1. The third-order valence-corrected chi connectivity index (χ3v) is 3.72. The van der Waals surface area contributed by atoms with Gasteiger partial charge in [-0.25, -0.2) is 4.74 Å². The fourth-order valence-electron chi connectivity index (χ4n) is 2.69. The fraction of sp³-hybridized carbons (Fsp3) is 0.500. The van der Waals surface area contributed by atoms with Crippen molar-refractivity contribution in [3.63, 3.8) is 0 Å². The number of ether oxygens (including phenoxy) is 2. The molecule has 102 valence electrons. The van der Waals surface area contributed by atoms with Crippen LogP contribution in [0.1, 0.15) is 31.2 Å². The van der Waals surface area contributed by atoms with Crippen LogP contribution >= 0.6 is 0 Å². The fourth-order valence-corrected chi connectivity index (χ4v) is 2.69. The summed E-state index contributed by atoms with van der Waals surface area (Å²) in [6.07, 6.45) is 6.30. The molecule has 0 radical (unpaired) electrons. The van der Waals surface area contributed by atoms with E-state index in [0.29, 0.717) is 18.0 Å². The molecule has 1 N–H and O–H groups in total. The van der Waals surface area contributed by atoms with Crippen LogP contribution in [0.4, 0.5) is 5.69 Å². The highest BCUT2D eigenvalue weighted by molar-refractivity contribution is 5.62. The Kier molecular flexibility index (Phi) is 3.19. The molecule has 0 spiro atoms. The zero-order valence-corrected chi connectivity index (χ0v) is 11.0. The predicted molar refractivity (Wildman–Crippen MR) is 72.1 cm³/mol. The van der Waals surface area contributed by atoms with Gasteiger partial charge in [0.15, 0.2) is 0 Å². The summed E-state index contributed by atoms with van der Waals surface area (Å²) in [5.41, 5.74) is 1.51. The van der Waals surface area contributed by atoms with E-state index in [-0.39, 0.29) is 6.10 Å². The van der Waals surface area contributed by atoms with Crippen molar-refractivity contribution in [2.24, 2.45) is 0 Å². The quantitative estimate of drug-likeness (QED) is 0.670. The molecular weight excluding hydrogens is 244 g/mol. The molecule has 0 bridgehead atoms. The molecule has 0 amide bonds. The summed E-state index contributed by atoms with van der Waals surface area (Å²) in [4.78, 5) is 0. The number of hydrogen-bond acceptors (Lipinski definition) is 4. The lowest BCUT2D eigenvalue weighted by Crippen LogP contribution is -2.24. The smallest absolute Gasteiger partial charge is 0.240 e. The molecule has 5 nitrogen and oxygen atoms in total. The van der Waals surface area contributed by atoms with E-state index in [4.69, 9.17) is 9.47 Å². The van der Waals surface area contributed by atoms with Gasteiger partial charge in [-0.1, -0.05) is 0 Å². The molecule has 1 saturated carbocycles. The molecule has 19 heavy (non-hydrogen) atoms. The molecule has 1 fully saturated rings. The summed E-state index contributed by atoms with van der Waals surface area (Å²) in [5.74, 6) is 1.42. The van der Waals surface area contributed by atoms with Crippen LogP contribution in [0.3, 0.4) is 0 Å². The second-order valence-electron chi connectivity index (χ2n) is 4.98. The number of methoxy groups -OCH3 is 1. The van der Waals surface area contributed by atoms with Crippen molar-refractivity contribution in [3.05, 3.63) is 22.9 Å². The molecule has 0 saturated heterocycles. The first-order valence-corrected chi connectivity index (χ1v) is 6.68. The monoisotopic (exact) mass is 262 g/mol. The van der Waals surface area contributed by atoms with Crippen LogP contribution in [-0.4, -0.2) is 24.3 Å². The molecule has 1 aliphatic carbocycles. The van der Waals surface area contributed by atoms with Crippen molar-refractivity contribution >= 4 is 12.0 Å². The van der Waals surface area contributed by atoms with Crippen molar-refractivity contribution in [1.29, 1.82) is 0 Å². The van der Waals surface area contributed by atoms with Gasteiger partial charge in [-0.3, -0.25) is 5.32 Å². The molecule has 0 unspecified atom stereocenters. The molecule has 1 aromatic carbocycles. The Balaban J connectivity index is 1.97. The average molecular weight is 262 g/mol. The molecule has 3 rings (SSSR count). The standard InChI is InChI=1S/C14H18N2O3/c1-18-11-6-13-12(8-15-9-16(13)17)14(7-11)19-10-4-2-3-5-10/h6-7,9-10,15H,2-5,8H2,1H3. The van der Waals surface area contributed by atoms with Crippen LogP contribution in [0.15, 0.2) is 12.1 Å². The Morgan fingerprint density at radius 2 is 2.11 bits per heavy atom. The first kappa shape index (κ1) is 12.1. The SMILES string of the molecule is COc1cc(OC2CCCC2)c2c(c1)[N+]([O-])=CNC2. The van der Waals surface area contributed by atoms with Gasteiger partial charge in [-0.2, -0.15) is 0 Å². The Morgan fingerprint density at radius 1 is 1.32 bits per heavy atom. The van der Waals surface area contributed by atoms with Crippen molar-refractivity contribution in [2.75, 3.05) is 7.11 Å². The first-order chi connectivity index (χ1) is 9.28. The van der Waals surface area contributed by atoms with Gasteiger partial charge in [0.25, 0.3) is 0 Å². The number of nitrogens with zero attached hydrogens (tertiary/aromatic N) is 1. The van der Waals surface area contributed by atoms with E-state index < -0.39 is 0 Å². The normalized spacial score (nSPS) is 18.5. The highest BCUT2D eigenvalue weighted by Gasteiger charge is 2.23. The van der Waals surface area contributed by atoms with Gasteiger partial charge in [0.05, 0.1) is 18.8 Å². The first-order valence-electron chi connectivity index (χ1n) is 6.68. The molecule has 2 aliphatic rings. The summed E-state index contributed by atoms with van der Waals surface area (Å²) in [5, 5.41) is 14.8. The van der Waals surface area contributed by atoms with Crippen LogP contribution < -0.4 is 14.8 Å². The van der Waals surface area contributed by atoms with E-state index in [1.165, 1.54) is 19.2 Å². The van der Waals surface area contributed by atoms with Crippen LogP contribution in [0, 0.1) is 5.21 Å². The summed E-state index contributed by atoms with van der Waals surface area (Å²) in [6.45, 7) is 0.611. The van der Waals surface area contributed by atoms with Gasteiger partial charge >= 0.3 is 0 Å². The summed E-state index contributed by atoms with van der Waals surface area (Å²) < 4.78 is 12.1. The Labute approximate surface area is 112 Å². The van der Waals surface area contributed by atoms with Gasteiger partial charge < -0.3 is 14.7 Å². The van der Waals surface area contributed by atoms with Crippen molar-refractivity contribution < 1.29 is 14.2 Å². The van der Waals surface area contributed by atoms with Crippen molar-refractivity contribution in [3.8, 4) is 11.5 Å². The van der Waals surface area contributed by atoms with E-state index in [9.17, 15) is 5.21 Å². The molecule has 1 heterocycles. The van der Waals surface area contributed by atoms with Gasteiger partial charge in [0.2, 0.25) is 6.34 Å². The van der Waals surface area contributed by atoms with E-state index in [2.05, 4.69) is 5.32 Å². The number of rotatable bonds is 3. The second kappa shape index (κ2) is 4.99. The minimum atomic E-state index is 0.266. The maximum absolute atomic E-state index is 11.8. The molecule has 1 aromatic rings. The zero-order valence-electron chi connectivity index (χ0n) is 11.0. The van der Waals surface area contributed by atoms with E-state index >= 15 is 0 Å². The second-order valence-corrected chi connectivity index (χ2v) is 4.98. The number of fused-ring (bicyclic) bond motifs is 1. The van der Waals surface area contributed by atoms with E-state index in [1.807, 2.05) is 6.07 Å². The minimum absolute atomic E-state index is 0.266. The predicted octanol–water partition coefficient (Wildman–Crippen LogP) is 2.29. The maximum atomic E-state index is 11.8. The third-order valence-electron chi connectivity index (χ3n) is 3.72. The summed E-state index contributed by atoms with van der Waals surface area (Å²) >= 11 is 0. The van der Waals surface area contributed by atoms with E-state index in [0.717, 1.165) is 28.9 Å². The minimum Gasteiger partial charge on any atom is -0.711 e. The van der Waals surface area contributed by atoms with Crippen LogP contribution in [0.2, 0.25) is 0 Å². The Hall–Kier alpha value is -1.91. The lowest BCUT2D eigenvalue weighted by atomic mass is 10.1. The van der Waals surface area contributed by atoms with Crippen LogP contribution in [0.5, 0.6) is 11.5 Å². The lowest BCUT2D eigenvalue weighted by molar-refractivity contribution is -0.360. The van der Waals surface area contributed by atoms with E-state index in [1.54, 1.807) is 13.2 Å². The van der Waals surface area contributed by atoms with Crippen molar-refractivity contribution in [1.82, 2.24) is 5.32 Å². The molecule has 0 atom stereocenters. The van der Waals surface area contributed by atoms with Gasteiger partial charge in [-0.05, 0) is 25.7 Å². The van der Waals surface area contributed by atoms with Gasteiger partial charge in [0, 0.05) is 12.1 Å². The highest BCUT2D eigenvalue weighted by atomic mass is 16.5. The zero-order chi connectivity index (χ0) is 13.2. The number of benzene rings is 1. The molecule has 5 heteroatoms. The van der Waals surface area contributed by atoms with Crippen molar-refractivity contribution in [2.45, 2.75) is 38.3 Å².